The zero-order valence-corrected chi connectivity index (χ0v) is 14.1. The van der Waals surface area contributed by atoms with Gasteiger partial charge in [0.25, 0.3) is 11.8 Å². The summed E-state index contributed by atoms with van der Waals surface area (Å²) in [5.41, 5.74) is 2.23. The summed E-state index contributed by atoms with van der Waals surface area (Å²) in [4.78, 5) is 26.2. The first-order valence-electron chi connectivity index (χ1n) is 8.47. The summed E-state index contributed by atoms with van der Waals surface area (Å²) in [5.74, 6) is 0.361. The van der Waals surface area contributed by atoms with Crippen LogP contribution in [0.4, 0.5) is 5.69 Å². The maximum absolute atomic E-state index is 12.9. The van der Waals surface area contributed by atoms with Crippen molar-refractivity contribution in [3.05, 3.63) is 41.7 Å². The van der Waals surface area contributed by atoms with Gasteiger partial charge in [-0.15, -0.1) is 0 Å². The first-order chi connectivity index (χ1) is 12.1. The molecule has 7 nitrogen and oxygen atoms in total. The molecule has 4 rings (SSSR count). The van der Waals surface area contributed by atoms with E-state index < -0.39 is 0 Å². The number of aromatic nitrogens is 2. The molecule has 2 amide bonds. The minimum absolute atomic E-state index is 0.0113. The molecule has 1 fully saturated rings. The maximum Gasteiger partial charge on any atom is 0.262 e. The first kappa shape index (κ1) is 15.7. The van der Waals surface area contributed by atoms with E-state index in [-0.39, 0.29) is 24.5 Å². The van der Waals surface area contributed by atoms with Crippen LogP contribution in [-0.4, -0.2) is 46.2 Å². The SMILES string of the molecule is Cc1cnn([C@@H]2CCCN(C(=O)c3ccc4c(c3)NC(=O)CO4)C2)c1. The quantitative estimate of drug-likeness (QED) is 0.907. The van der Waals surface area contributed by atoms with Gasteiger partial charge in [-0.2, -0.15) is 5.10 Å². The zero-order chi connectivity index (χ0) is 17.4. The molecule has 2 aromatic rings. The fourth-order valence-corrected chi connectivity index (χ4v) is 3.39. The van der Waals surface area contributed by atoms with Crippen molar-refractivity contribution < 1.29 is 14.3 Å². The molecule has 0 bridgehead atoms. The van der Waals surface area contributed by atoms with E-state index in [4.69, 9.17) is 4.74 Å². The minimum Gasteiger partial charge on any atom is -0.482 e. The van der Waals surface area contributed by atoms with Gasteiger partial charge in [-0.1, -0.05) is 0 Å². The summed E-state index contributed by atoms with van der Waals surface area (Å²) >= 11 is 0. The Bertz CT molecular complexity index is 829. The summed E-state index contributed by atoms with van der Waals surface area (Å²) in [6, 6.07) is 5.38. The fourth-order valence-electron chi connectivity index (χ4n) is 3.39. The van der Waals surface area contributed by atoms with E-state index in [1.165, 1.54) is 0 Å². The highest BCUT2D eigenvalue weighted by molar-refractivity contribution is 5.99. The Morgan fingerprint density at radius 1 is 1.40 bits per heavy atom. The number of anilines is 1. The smallest absolute Gasteiger partial charge is 0.262 e. The average molecular weight is 340 g/mol. The fraction of sp³-hybridized carbons (Fsp3) is 0.389. The molecule has 1 aromatic carbocycles. The summed E-state index contributed by atoms with van der Waals surface area (Å²) in [6.45, 7) is 3.39. The van der Waals surface area contributed by atoms with Crippen LogP contribution < -0.4 is 10.1 Å². The minimum atomic E-state index is -0.204. The summed E-state index contributed by atoms with van der Waals surface area (Å²) in [6.07, 6.45) is 5.82. The summed E-state index contributed by atoms with van der Waals surface area (Å²) in [5, 5.41) is 7.13. The van der Waals surface area contributed by atoms with E-state index in [0.29, 0.717) is 23.5 Å². The zero-order valence-electron chi connectivity index (χ0n) is 14.1. The number of carbonyl (C=O) groups is 2. The molecule has 1 N–H and O–H groups in total. The lowest BCUT2D eigenvalue weighted by Gasteiger charge is -2.33. The molecule has 0 radical (unpaired) electrons. The van der Waals surface area contributed by atoms with Crippen LogP contribution in [0.3, 0.4) is 0 Å². The topological polar surface area (TPSA) is 76.5 Å². The molecular weight excluding hydrogens is 320 g/mol. The molecule has 0 aliphatic carbocycles. The molecule has 130 valence electrons. The van der Waals surface area contributed by atoms with Gasteiger partial charge in [0, 0.05) is 24.8 Å². The molecule has 0 unspecified atom stereocenters. The molecule has 7 heteroatoms. The van der Waals surface area contributed by atoms with E-state index in [1.54, 1.807) is 18.2 Å². The van der Waals surface area contributed by atoms with Crippen LogP contribution in [0.15, 0.2) is 30.6 Å². The second-order valence-corrected chi connectivity index (χ2v) is 6.59. The highest BCUT2D eigenvalue weighted by Crippen LogP contribution is 2.30. The van der Waals surface area contributed by atoms with Gasteiger partial charge in [0.05, 0.1) is 17.9 Å². The second-order valence-electron chi connectivity index (χ2n) is 6.59. The number of nitrogens with zero attached hydrogens (tertiary/aromatic N) is 3. The van der Waals surface area contributed by atoms with Crippen LogP contribution in [0.5, 0.6) is 5.75 Å². The van der Waals surface area contributed by atoms with Crippen molar-refractivity contribution in [2.75, 3.05) is 25.0 Å². The molecular formula is C18H20N4O3. The molecule has 3 heterocycles. The third-order valence-corrected chi connectivity index (χ3v) is 4.65. The normalized spacial score (nSPS) is 19.8. The van der Waals surface area contributed by atoms with Crippen LogP contribution in [0.1, 0.15) is 34.8 Å². The van der Waals surface area contributed by atoms with Crippen molar-refractivity contribution in [1.82, 2.24) is 14.7 Å². The van der Waals surface area contributed by atoms with Gasteiger partial charge in [-0.3, -0.25) is 14.3 Å². The Morgan fingerprint density at radius 2 is 2.28 bits per heavy atom. The number of rotatable bonds is 2. The first-order valence-corrected chi connectivity index (χ1v) is 8.47. The number of aryl methyl sites for hydroxylation is 1. The number of hydrogen-bond acceptors (Lipinski definition) is 4. The Balaban J connectivity index is 1.52. The lowest BCUT2D eigenvalue weighted by molar-refractivity contribution is -0.118. The highest BCUT2D eigenvalue weighted by Gasteiger charge is 2.27. The number of fused-ring (bicyclic) bond motifs is 1. The highest BCUT2D eigenvalue weighted by atomic mass is 16.5. The predicted molar refractivity (Wildman–Crippen MR) is 91.7 cm³/mol. The Kier molecular flexibility index (Phi) is 3.91. The van der Waals surface area contributed by atoms with Crippen LogP contribution in [-0.2, 0) is 4.79 Å². The van der Waals surface area contributed by atoms with E-state index in [2.05, 4.69) is 10.4 Å². The van der Waals surface area contributed by atoms with Gasteiger partial charge in [0.1, 0.15) is 5.75 Å². The standard InChI is InChI=1S/C18H20N4O3/c1-12-8-19-22(9-12)14-3-2-6-21(10-14)18(24)13-4-5-16-15(7-13)20-17(23)11-25-16/h4-5,7-9,14H,2-3,6,10-11H2,1H3,(H,20,23)/t14-/m1/s1. The predicted octanol–water partition coefficient (Wildman–Crippen LogP) is 2.00. The number of piperidine rings is 1. The number of nitrogens with one attached hydrogen (secondary N) is 1. The Hall–Kier alpha value is -2.83. The Labute approximate surface area is 145 Å². The van der Waals surface area contributed by atoms with Gasteiger partial charge in [0.15, 0.2) is 6.61 Å². The molecule has 0 spiro atoms. The van der Waals surface area contributed by atoms with E-state index in [9.17, 15) is 9.59 Å². The number of carbonyl (C=O) groups excluding carboxylic acids is 2. The number of likely N-dealkylation sites (tertiary alicyclic amines) is 1. The van der Waals surface area contributed by atoms with Crippen molar-refractivity contribution in [3.63, 3.8) is 0 Å². The third kappa shape index (κ3) is 3.09. The average Bonchev–Trinajstić information content (AvgIpc) is 3.07. The van der Waals surface area contributed by atoms with Crippen molar-refractivity contribution in [3.8, 4) is 5.75 Å². The van der Waals surface area contributed by atoms with Crippen molar-refractivity contribution in [2.24, 2.45) is 0 Å². The second kappa shape index (κ2) is 6.23. The van der Waals surface area contributed by atoms with Crippen molar-refractivity contribution in [1.29, 1.82) is 0 Å². The number of benzene rings is 1. The summed E-state index contributed by atoms with van der Waals surface area (Å²) < 4.78 is 7.30. The maximum atomic E-state index is 12.9. The molecule has 1 saturated heterocycles. The van der Waals surface area contributed by atoms with Crippen molar-refractivity contribution >= 4 is 17.5 Å². The molecule has 2 aliphatic rings. The van der Waals surface area contributed by atoms with Gasteiger partial charge in [0.2, 0.25) is 0 Å². The third-order valence-electron chi connectivity index (χ3n) is 4.65. The monoisotopic (exact) mass is 340 g/mol. The van der Waals surface area contributed by atoms with E-state index in [1.807, 2.05) is 28.9 Å². The van der Waals surface area contributed by atoms with Crippen LogP contribution >= 0.6 is 0 Å². The number of ether oxygens (including phenoxy) is 1. The van der Waals surface area contributed by atoms with Gasteiger partial charge < -0.3 is 15.0 Å². The van der Waals surface area contributed by atoms with Gasteiger partial charge >= 0.3 is 0 Å². The Morgan fingerprint density at radius 3 is 3.08 bits per heavy atom. The van der Waals surface area contributed by atoms with E-state index in [0.717, 1.165) is 24.9 Å². The van der Waals surface area contributed by atoms with Crippen LogP contribution in [0.25, 0.3) is 0 Å². The molecule has 1 atom stereocenters. The number of hydrogen-bond donors (Lipinski definition) is 1. The van der Waals surface area contributed by atoms with Crippen molar-refractivity contribution in [2.45, 2.75) is 25.8 Å². The molecule has 2 aliphatic heterocycles. The molecule has 0 saturated carbocycles. The lowest BCUT2D eigenvalue weighted by atomic mass is 10.0. The van der Waals surface area contributed by atoms with Gasteiger partial charge in [-0.25, -0.2) is 0 Å². The lowest BCUT2D eigenvalue weighted by Crippen LogP contribution is -2.41. The van der Waals surface area contributed by atoms with E-state index >= 15 is 0 Å². The van der Waals surface area contributed by atoms with Gasteiger partial charge in [-0.05, 0) is 43.5 Å². The number of amides is 2. The largest absolute Gasteiger partial charge is 0.482 e. The van der Waals surface area contributed by atoms with Crippen LogP contribution in [0, 0.1) is 6.92 Å². The summed E-state index contributed by atoms with van der Waals surface area (Å²) in [7, 11) is 0. The van der Waals surface area contributed by atoms with Crippen LogP contribution in [0.2, 0.25) is 0 Å². The molecule has 1 aromatic heterocycles. The molecule has 25 heavy (non-hydrogen) atoms.